The van der Waals surface area contributed by atoms with Crippen LogP contribution in [0.25, 0.3) is 11.3 Å². The van der Waals surface area contributed by atoms with Gasteiger partial charge >= 0.3 is 0 Å². The highest BCUT2D eigenvalue weighted by Gasteiger charge is 2.10. The Morgan fingerprint density at radius 2 is 1.88 bits per heavy atom. The van der Waals surface area contributed by atoms with Crippen LogP contribution >= 0.6 is 0 Å². The summed E-state index contributed by atoms with van der Waals surface area (Å²) < 4.78 is 13.8. The van der Waals surface area contributed by atoms with E-state index in [1.807, 2.05) is 19.1 Å². The minimum Gasteiger partial charge on any atom is -0.394 e. The van der Waals surface area contributed by atoms with E-state index in [1.54, 1.807) is 37.5 Å². The van der Waals surface area contributed by atoms with Gasteiger partial charge in [-0.1, -0.05) is 6.07 Å². The molecule has 1 atom stereocenters. The fourth-order valence-electron chi connectivity index (χ4n) is 2.33. The van der Waals surface area contributed by atoms with Crippen molar-refractivity contribution in [2.75, 3.05) is 17.2 Å². The number of aliphatic hydroxyl groups is 1. The molecule has 6 nitrogen and oxygen atoms in total. The summed E-state index contributed by atoms with van der Waals surface area (Å²) in [5.74, 6) is 0.601. The lowest BCUT2D eigenvalue weighted by molar-refractivity contribution is 0.281. The lowest BCUT2D eigenvalue weighted by atomic mass is 10.2. The van der Waals surface area contributed by atoms with Crippen molar-refractivity contribution >= 4 is 17.5 Å². The SMILES string of the molecule is Cc1ccc(Nc2cc(-c3ccncc3)nc(N[C@@H](C)CO)n2)cc1F. The van der Waals surface area contributed by atoms with Crippen LogP contribution in [0.5, 0.6) is 0 Å². The predicted octanol–water partition coefficient (Wildman–Crippen LogP) is 3.52. The van der Waals surface area contributed by atoms with Crippen LogP contribution < -0.4 is 10.6 Å². The molecule has 0 bridgehead atoms. The molecule has 0 aliphatic carbocycles. The number of nitrogens with one attached hydrogen (secondary N) is 2. The third kappa shape index (κ3) is 4.31. The van der Waals surface area contributed by atoms with Crippen molar-refractivity contribution in [3.8, 4) is 11.3 Å². The van der Waals surface area contributed by atoms with Gasteiger partial charge in [-0.05, 0) is 43.7 Å². The monoisotopic (exact) mass is 353 g/mol. The van der Waals surface area contributed by atoms with Gasteiger partial charge in [0.25, 0.3) is 0 Å². The Morgan fingerprint density at radius 3 is 2.58 bits per heavy atom. The standard InChI is InChI=1S/C19H20FN5O/c1-12-3-4-15(9-16(12)20)23-18-10-17(14-5-7-21-8-6-14)24-19(25-18)22-13(2)11-26/h3-10,13,26H,11H2,1-2H3,(H2,22,23,24,25)/t13-/m0/s1. The molecule has 0 aliphatic heterocycles. The van der Waals surface area contributed by atoms with E-state index in [9.17, 15) is 9.50 Å². The number of aromatic nitrogens is 3. The minimum absolute atomic E-state index is 0.0468. The quantitative estimate of drug-likeness (QED) is 0.629. The summed E-state index contributed by atoms with van der Waals surface area (Å²) in [7, 11) is 0. The molecular weight excluding hydrogens is 333 g/mol. The molecule has 0 fully saturated rings. The molecule has 2 heterocycles. The van der Waals surface area contributed by atoms with Crippen LogP contribution in [0.4, 0.5) is 21.8 Å². The van der Waals surface area contributed by atoms with Gasteiger partial charge in [-0.15, -0.1) is 0 Å². The molecule has 0 aliphatic rings. The molecule has 1 aromatic carbocycles. The zero-order chi connectivity index (χ0) is 18.5. The number of pyridine rings is 1. The lowest BCUT2D eigenvalue weighted by Gasteiger charge is -2.14. The van der Waals surface area contributed by atoms with E-state index in [1.165, 1.54) is 6.07 Å². The van der Waals surface area contributed by atoms with E-state index < -0.39 is 0 Å². The highest BCUT2D eigenvalue weighted by Crippen LogP contribution is 2.24. The molecule has 134 valence electrons. The molecule has 0 radical (unpaired) electrons. The predicted molar refractivity (Wildman–Crippen MR) is 99.9 cm³/mol. The molecular formula is C19H20FN5O. The van der Waals surface area contributed by atoms with Crippen LogP contribution in [0.15, 0.2) is 48.8 Å². The summed E-state index contributed by atoms with van der Waals surface area (Å²) in [6.07, 6.45) is 3.37. The third-order valence-electron chi connectivity index (χ3n) is 3.80. The average Bonchev–Trinajstić information content (AvgIpc) is 2.65. The molecule has 3 aromatic rings. The van der Waals surface area contributed by atoms with Gasteiger partial charge in [0.2, 0.25) is 5.95 Å². The van der Waals surface area contributed by atoms with Gasteiger partial charge in [-0.2, -0.15) is 4.98 Å². The molecule has 0 unspecified atom stereocenters. The first-order valence-corrected chi connectivity index (χ1v) is 8.25. The van der Waals surface area contributed by atoms with Crippen molar-refractivity contribution in [3.63, 3.8) is 0 Å². The molecule has 3 N–H and O–H groups in total. The van der Waals surface area contributed by atoms with Crippen LogP contribution in [0.3, 0.4) is 0 Å². The number of aryl methyl sites for hydroxylation is 1. The van der Waals surface area contributed by atoms with Gasteiger partial charge in [-0.25, -0.2) is 9.37 Å². The second-order valence-electron chi connectivity index (χ2n) is 6.01. The van der Waals surface area contributed by atoms with Crippen molar-refractivity contribution in [2.45, 2.75) is 19.9 Å². The van der Waals surface area contributed by atoms with E-state index >= 15 is 0 Å². The number of hydrogen-bond acceptors (Lipinski definition) is 6. The first kappa shape index (κ1) is 17.8. The number of benzene rings is 1. The summed E-state index contributed by atoms with van der Waals surface area (Å²) >= 11 is 0. The Bertz CT molecular complexity index is 888. The van der Waals surface area contributed by atoms with Crippen molar-refractivity contribution in [3.05, 3.63) is 60.2 Å². The number of nitrogens with zero attached hydrogens (tertiary/aromatic N) is 3. The van der Waals surface area contributed by atoms with E-state index in [4.69, 9.17) is 0 Å². The molecule has 26 heavy (non-hydrogen) atoms. The fraction of sp³-hybridized carbons (Fsp3) is 0.211. The summed E-state index contributed by atoms with van der Waals surface area (Å²) in [6, 6.07) is 10.2. The Labute approximate surface area is 151 Å². The maximum atomic E-state index is 13.8. The number of hydrogen-bond donors (Lipinski definition) is 3. The minimum atomic E-state index is -0.286. The maximum Gasteiger partial charge on any atom is 0.225 e. The normalized spacial score (nSPS) is 11.8. The molecule has 0 saturated heterocycles. The molecule has 0 amide bonds. The second-order valence-corrected chi connectivity index (χ2v) is 6.01. The maximum absolute atomic E-state index is 13.8. The van der Waals surface area contributed by atoms with Gasteiger partial charge in [0.15, 0.2) is 0 Å². The summed E-state index contributed by atoms with van der Waals surface area (Å²) in [6.45, 7) is 3.49. The van der Waals surface area contributed by atoms with Crippen LogP contribution in [0, 0.1) is 12.7 Å². The van der Waals surface area contributed by atoms with Crippen molar-refractivity contribution in [1.29, 1.82) is 0 Å². The Balaban J connectivity index is 1.97. The largest absolute Gasteiger partial charge is 0.394 e. The molecule has 7 heteroatoms. The van der Waals surface area contributed by atoms with Gasteiger partial charge in [0.1, 0.15) is 11.6 Å². The van der Waals surface area contributed by atoms with Gasteiger partial charge < -0.3 is 15.7 Å². The van der Waals surface area contributed by atoms with E-state index in [0.29, 0.717) is 28.7 Å². The number of aliphatic hydroxyl groups excluding tert-OH is 1. The van der Waals surface area contributed by atoms with Crippen LogP contribution in [0.2, 0.25) is 0 Å². The number of anilines is 3. The van der Waals surface area contributed by atoms with Crippen molar-refractivity contribution in [1.82, 2.24) is 15.0 Å². The first-order chi connectivity index (χ1) is 12.5. The smallest absolute Gasteiger partial charge is 0.225 e. The fourth-order valence-corrected chi connectivity index (χ4v) is 2.33. The summed E-state index contributed by atoms with van der Waals surface area (Å²) in [5, 5.41) is 15.4. The average molecular weight is 353 g/mol. The zero-order valence-electron chi connectivity index (χ0n) is 14.6. The summed E-state index contributed by atoms with van der Waals surface area (Å²) in [4.78, 5) is 12.9. The zero-order valence-corrected chi connectivity index (χ0v) is 14.6. The van der Waals surface area contributed by atoms with Gasteiger partial charge in [0, 0.05) is 35.8 Å². The highest BCUT2D eigenvalue weighted by molar-refractivity contribution is 5.67. The highest BCUT2D eigenvalue weighted by atomic mass is 19.1. The van der Waals surface area contributed by atoms with E-state index in [-0.39, 0.29) is 18.5 Å². The molecule has 0 spiro atoms. The van der Waals surface area contributed by atoms with Gasteiger partial charge in [0.05, 0.1) is 12.3 Å². The Morgan fingerprint density at radius 1 is 1.12 bits per heavy atom. The number of rotatable bonds is 6. The van der Waals surface area contributed by atoms with Crippen molar-refractivity contribution in [2.24, 2.45) is 0 Å². The van der Waals surface area contributed by atoms with Crippen LogP contribution in [-0.4, -0.2) is 32.7 Å². The van der Waals surface area contributed by atoms with Crippen LogP contribution in [-0.2, 0) is 0 Å². The molecule has 2 aromatic heterocycles. The van der Waals surface area contributed by atoms with Crippen molar-refractivity contribution < 1.29 is 9.50 Å². The third-order valence-corrected chi connectivity index (χ3v) is 3.80. The Hall–Kier alpha value is -3.06. The number of halogens is 1. The van der Waals surface area contributed by atoms with E-state index in [2.05, 4.69) is 25.6 Å². The second kappa shape index (κ2) is 7.88. The molecule has 3 rings (SSSR count). The topological polar surface area (TPSA) is 83.0 Å². The Kier molecular flexibility index (Phi) is 5.38. The van der Waals surface area contributed by atoms with Crippen LogP contribution in [0.1, 0.15) is 12.5 Å². The van der Waals surface area contributed by atoms with E-state index in [0.717, 1.165) is 5.56 Å². The van der Waals surface area contributed by atoms with Gasteiger partial charge in [-0.3, -0.25) is 4.98 Å². The first-order valence-electron chi connectivity index (χ1n) is 8.25. The lowest BCUT2D eigenvalue weighted by Crippen LogP contribution is -2.21. The summed E-state index contributed by atoms with van der Waals surface area (Å²) in [5.41, 5.74) is 2.73. The molecule has 0 saturated carbocycles.